The second kappa shape index (κ2) is 8.49. The summed E-state index contributed by atoms with van der Waals surface area (Å²) in [5.41, 5.74) is -0.108. The monoisotopic (exact) mass is 460 g/mol. The molecule has 1 saturated heterocycles. The second-order valence-corrected chi connectivity index (χ2v) is 10.6. The molecule has 4 rings (SSSR count). The number of esters is 1. The van der Waals surface area contributed by atoms with Gasteiger partial charge in [0, 0.05) is 5.92 Å². The molecule has 1 saturated carbocycles. The van der Waals surface area contributed by atoms with Crippen molar-refractivity contribution in [2.24, 2.45) is 41.4 Å². The maximum Gasteiger partial charge on any atom is 0.317 e. The van der Waals surface area contributed by atoms with Crippen LogP contribution in [0.2, 0.25) is 0 Å². The van der Waals surface area contributed by atoms with E-state index in [1.165, 1.54) is 6.92 Å². The van der Waals surface area contributed by atoms with Gasteiger partial charge in [0.25, 0.3) is 0 Å². The highest BCUT2D eigenvalue weighted by molar-refractivity contribution is 6.44. The van der Waals surface area contributed by atoms with Gasteiger partial charge in [-0.2, -0.15) is 0 Å². The van der Waals surface area contributed by atoms with Crippen molar-refractivity contribution >= 4 is 23.4 Å². The maximum atomic E-state index is 13.0. The number of hydrogen-bond donors (Lipinski definition) is 1. The molecule has 1 N–H and O–H groups in total. The Balaban J connectivity index is 1.79. The van der Waals surface area contributed by atoms with Crippen LogP contribution in [0.5, 0.6) is 0 Å². The molecule has 0 radical (unpaired) electrons. The summed E-state index contributed by atoms with van der Waals surface area (Å²) >= 11 is 6.49. The molecular formula is C26H33ClO5. The van der Waals surface area contributed by atoms with Gasteiger partial charge in [0.1, 0.15) is 22.8 Å². The first kappa shape index (κ1) is 23.3. The van der Waals surface area contributed by atoms with E-state index in [9.17, 15) is 14.7 Å². The molecule has 2 heterocycles. The Labute approximate surface area is 195 Å². The zero-order chi connectivity index (χ0) is 23.4. The Morgan fingerprint density at radius 2 is 1.75 bits per heavy atom. The zero-order valence-electron chi connectivity index (χ0n) is 19.3. The summed E-state index contributed by atoms with van der Waals surface area (Å²) in [5.74, 6) is -2.21. The quantitative estimate of drug-likeness (QED) is 0.235. The number of carbonyl (C=O) groups excluding carboxylic acids is 2. The maximum absolute atomic E-state index is 13.0. The van der Waals surface area contributed by atoms with Gasteiger partial charge in [-0.3, -0.25) is 9.59 Å². The first-order chi connectivity index (χ1) is 15.0. The number of hydrogen-bond acceptors (Lipinski definition) is 5. The fraction of sp³-hybridized carbons (Fsp3) is 0.615. The van der Waals surface area contributed by atoms with Crippen molar-refractivity contribution in [1.82, 2.24) is 0 Å². The van der Waals surface area contributed by atoms with E-state index < -0.39 is 23.8 Å². The van der Waals surface area contributed by atoms with Crippen LogP contribution in [0.1, 0.15) is 41.0 Å². The molecule has 6 heteroatoms. The van der Waals surface area contributed by atoms with Gasteiger partial charge >= 0.3 is 5.97 Å². The van der Waals surface area contributed by atoms with E-state index in [2.05, 4.69) is 39.0 Å². The second-order valence-electron chi connectivity index (χ2n) is 10.2. The molecule has 0 aromatic heterocycles. The van der Waals surface area contributed by atoms with Gasteiger partial charge in [-0.25, -0.2) is 0 Å². The Morgan fingerprint density at radius 1 is 1.06 bits per heavy atom. The summed E-state index contributed by atoms with van der Waals surface area (Å²) in [6, 6.07) is 0. The van der Waals surface area contributed by atoms with Gasteiger partial charge in [-0.1, -0.05) is 55.8 Å². The van der Waals surface area contributed by atoms with E-state index in [1.54, 1.807) is 13.0 Å². The van der Waals surface area contributed by atoms with Crippen LogP contribution in [0.4, 0.5) is 0 Å². The highest BCUT2D eigenvalue weighted by atomic mass is 35.5. The largest absolute Gasteiger partial charge is 0.510 e. The molecule has 2 fully saturated rings. The van der Waals surface area contributed by atoms with Gasteiger partial charge in [0.2, 0.25) is 0 Å². The highest BCUT2D eigenvalue weighted by Gasteiger charge is 2.64. The number of Topliss-reactive ketones (excluding diaryl/α,β-unsaturated/α-hetero) is 1. The van der Waals surface area contributed by atoms with Gasteiger partial charge in [0.15, 0.2) is 5.78 Å². The molecule has 4 aliphatic rings. The molecule has 0 amide bonds. The van der Waals surface area contributed by atoms with E-state index in [0.717, 1.165) is 6.42 Å². The van der Waals surface area contributed by atoms with E-state index >= 15 is 0 Å². The number of ether oxygens (including phenoxy) is 2. The molecule has 10 atom stereocenters. The Kier molecular flexibility index (Phi) is 6.19. The van der Waals surface area contributed by atoms with Crippen LogP contribution in [0.15, 0.2) is 47.2 Å². The number of aliphatic hydroxyl groups is 1. The molecule has 2 aliphatic carbocycles. The van der Waals surface area contributed by atoms with Crippen LogP contribution in [-0.2, 0) is 19.1 Å². The standard InChI is InChI=1S/C26H33ClO5/c1-13-8-6-7-9-14(2)31-25(30)16(4)22(28)21(27)23(29)20-18(13)11-10-17-12-26(5)24(32-26)15(3)19(17)20/h6-11,13-20,24,29H,12H2,1-5H3/b8-6-,9-7+,23-21+/t13-,14+,15+,16+,17-,18+,19?,20?,24?,26-/m1/s1. The molecule has 5 nitrogen and oxygen atoms in total. The number of aliphatic hydroxyl groups excluding tert-OH is 1. The number of rotatable bonds is 0. The zero-order valence-corrected chi connectivity index (χ0v) is 20.1. The number of cyclic esters (lactones) is 1. The van der Waals surface area contributed by atoms with Crippen molar-refractivity contribution in [3.63, 3.8) is 0 Å². The van der Waals surface area contributed by atoms with Gasteiger partial charge in [-0.15, -0.1) is 0 Å². The van der Waals surface area contributed by atoms with Crippen molar-refractivity contribution in [1.29, 1.82) is 0 Å². The molecule has 2 aliphatic heterocycles. The van der Waals surface area contributed by atoms with E-state index in [1.807, 2.05) is 12.2 Å². The number of halogens is 1. The van der Waals surface area contributed by atoms with Crippen LogP contribution in [-0.4, -0.2) is 34.7 Å². The average Bonchev–Trinajstić information content (AvgIpc) is 3.44. The topological polar surface area (TPSA) is 76.1 Å². The number of fused-ring (bicyclic) bond motifs is 4. The lowest BCUT2D eigenvalue weighted by atomic mass is 9.57. The number of carbonyl (C=O) groups is 2. The molecule has 0 aromatic rings. The molecule has 32 heavy (non-hydrogen) atoms. The summed E-state index contributed by atoms with van der Waals surface area (Å²) in [6.45, 7) is 9.64. The number of epoxide rings is 1. The molecule has 0 bridgehead atoms. The summed E-state index contributed by atoms with van der Waals surface area (Å²) < 4.78 is 11.4. The van der Waals surface area contributed by atoms with Crippen molar-refractivity contribution in [2.75, 3.05) is 0 Å². The fourth-order valence-electron chi connectivity index (χ4n) is 6.07. The number of ketones is 1. The fourth-order valence-corrected chi connectivity index (χ4v) is 6.36. The van der Waals surface area contributed by atoms with Crippen LogP contribution in [0, 0.1) is 41.4 Å². The molecule has 3 unspecified atom stereocenters. The SMILES string of the molecule is C[C@@H]1C(=O)O[C@@H](C)/C=C/C=C\[C@@H](C)[C@@H]2C=C[C@@H]3C[C@@]4(C)OC4[C@@H](C)C3C2/C(O)=C(\Cl)C1=O. The lowest BCUT2D eigenvalue weighted by Gasteiger charge is -2.46. The lowest BCUT2D eigenvalue weighted by Crippen LogP contribution is -2.46. The minimum atomic E-state index is -1.09. The summed E-state index contributed by atoms with van der Waals surface area (Å²) in [5, 5.41) is 11.2. The third kappa shape index (κ3) is 3.99. The minimum absolute atomic E-state index is 0.0318. The van der Waals surface area contributed by atoms with Gasteiger partial charge in [0.05, 0.1) is 11.7 Å². The third-order valence-corrected chi connectivity index (χ3v) is 8.27. The van der Waals surface area contributed by atoms with Crippen LogP contribution >= 0.6 is 11.6 Å². The van der Waals surface area contributed by atoms with Crippen molar-refractivity contribution in [2.45, 2.75) is 58.8 Å². The lowest BCUT2D eigenvalue weighted by molar-refractivity contribution is -0.152. The van der Waals surface area contributed by atoms with E-state index in [-0.39, 0.29) is 58.0 Å². The predicted molar refractivity (Wildman–Crippen MR) is 123 cm³/mol. The Bertz CT molecular complexity index is 917. The smallest absolute Gasteiger partial charge is 0.317 e. The number of allylic oxidation sites excluding steroid dienone is 7. The molecule has 0 aromatic carbocycles. The first-order valence-electron chi connectivity index (χ1n) is 11.6. The summed E-state index contributed by atoms with van der Waals surface area (Å²) in [7, 11) is 0. The van der Waals surface area contributed by atoms with Crippen LogP contribution in [0.3, 0.4) is 0 Å². The summed E-state index contributed by atoms with van der Waals surface area (Å²) in [4.78, 5) is 25.5. The van der Waals surface area contributed by atoms with Crippen LogP contribution in [0.25, 0.3) is 0 Å². The van der Waals surface area contributed by atoms with Crippen molar-refractivity contribution in [3.8, 4) is 0 Å². The van der Waals surface area contributed by atoms with Gasteiger partial charge < -0.3 is 14.6 Å². The van der Waals surface area contributed by atoms with Crippen molar-refractivity contribution in [3.05, 3.63) is 47.2 Å². The molecular weight excluding hydrogens is 428 g/mol. The van der Waals surface area contributed by atoms with E-state index in [4.69, 9.17) is 21.1 Å². The van der Waals surface area contributed by atoms with E-state index in [0.29, 0.717) is 0 Å². The minimum Gasteiger partial charge on any atom is -0.510 e. The highest BCUT2D eigenvalue weighted by Crippen LogP contribution is 2.60. The Hall–Kier alpha value is -1.85. The molecule has 174 valence electrons. The Morgan fingerprint density at radius 3 is 2.47 bits per heavy atom. The normalized spacial score (nSPS) is 50.9. The molecule has 0 spiro atoms. The summed E-state index contributed by atoms with van der Waals surface area (Å²) in [6.07, 6.45) is 12.6. The third-order valence-electron chi connectivity index (χ3n) is 7.89. The van der Waals surface area contributed by atoms with Crippen molar-refractivity contribution < 1.29 is 24.2 Å². The van der Waals surface area contributed by atoms with Gasteiger partial charge in [-0.05, 0) is 62.9 Å². The predicted octanol–water partition coefficient (Wildman–Crippen LogP) is 5.13. The average molecular weight is 461 g/mol. The van der Waals surface area contributed by atoms with Crippen LogP contribution < -0.4 is 0 Å². The first-order valence-corrected chi connectivity index (χ1v) is 12.0.